The second-order valence-corrected chi connectivity index (χ2v) is 7.84. The van der Waals surface area contributed by atoms with Gasteiger partial charge in [0.15, 0.2) is 5.96 Å². The van der Waals surface area contributed by atoms with Gasteiger partial charge in [-0.2, -0.15) is 0 Å². The summed E-state index contributed by atoms with van der Waals surface area (Å²) in [4.78, 5) is 12.4. The van der Waals surface area contributed by atoms with Crippen LogP contribution in [0, 0.1) is 0 Å². The Morgan fingerprint density at radius 2 is 1.79 bits per heavy atom. The topological polar surface area (TPSA) is 34.1 Å². The minimum atomic E-state index is 0. The van der Waals surface area contributed by atoms with Crippen LogP contribution >= 0.6 is 24.0 Å². The second-order valence-electron chi connectivity index (χ2n) is 7.84. The molecule has 1 aromatic rings. The van der Waals surface area contributed by atoms with E-state index in [0.29, 0.717) is 6.04 Å². The Kier molecular flexibility index (Phi) is 8.02. The van der Waals surface area contributed by atoms with Crippen molar-refractivity contribution in [1.29, 1.82) is 0 Å². The van der Waals surface area contributed by atoms with E-state index in [1.54, 1.807) is 0 Å². The van der Waals surface area contributed by atoms with Gasteiger partial charge in [0.25, 0.3) is 0 Å². The molecule has 2 saturated heterocycles. The molecule has 3 aliphatic rings. The molecule has 4 rings (SSSR count). The molecule has 6 heteroatoms. The minimum Gasteiger partial charge on any atom is -0.364 e. The average Bonchev–Trinajstić information content (AvgIpc) is 3.47. The van der Waals surface area contributed by atoms with Crippen molar-refractivity contribution in [3.05, 3.63) is 42.0 Å². The molecule has 0 amide bonds. The van der Waals surface area contributed by atoms with Crippen molar-refractivity contribution in [3.8, 4) is 0 Å². The molecule has 5 nitrogen and oxygen atoms in total. The van der Waals surface area contributed by atoms with Crippen LogP contribution in [0.25, 0.3) is 0 Å². The van der Waals surface area contributed by atoms with Crippen molar-refractivity contribution < 1.29 is 0 Å². The van der Waals surface area contributed by atoms with Gasteiger partial charge in [0, 0.05) is 44.5 Å². The van der Waals surface area contributed by atoms with Crippen molar-refractivity contribution in [2.75, 3.05) is 50.7 Å². The van der Waals surface area contributed by atoms with Gasteiger partial charge in [-0.15, -0.1) is 24.0 Å². The number of likely N-dealkylation sites (tertiary alicyclic amines) is 2. The smallest absolute Gasteiger partial charge is 0.194 e. The normalized spacial score (nSPS) is 22.8. The summed E-state index contributed by atoms with van der Waals surface area (Å²) in [6.07, 6.45) is 8.46. The lowest BCUT2D eigenvalue weighted by Crippen LogP contribution is -2.42. The Hall–Kier alpha value is -1.28. The van der Waals surface area contributed by atoms with Gasteiger partial charge in [0.2, 0.25) is 0 Å². The van der Waals surface area contributed by atoms with Gasteiger partial charge in [-0.25, -0.2) is 4.99 Å². The summed E-state index contributed by atoms with van der Waals surface area (Å²) in [6, 6.07) is 9.61. The fraction of sp³-hybridized carbons (Fsp3) is 0.591. The number of anilines is 1. The predicted molar refractivity (Wildman–Crippen MR) is 129 cm³/mol. The van der Waals surface area contributed by atoms with E-state index in [4.69, 9.17) is 4.99 Å². The number of rotatable bonds is 5. The number of hydrogen-bond acceptors (Lipinski definition) is 3. The first-order valence-corrected chi connectivity index (χ1v) is 10.6. The van der Waals surface area contributed by atoms with Crippen molar-refractivity contribution in [1.82, 2.24) is 15.1 Å². The van der Waals surface area contributed by atoms with E-state index in [1.807, 2.05) is 0 Å². The molecule has 1 aromatic carbocycles. The molecule has 0 aromatic heterocycles. The van der Waals surface area contributed by atoms with Crippen molar-refractivity contribution >= 4 is 35.6 Å². The van der Waals surface area contributed by atoms with Crippen molar-refractivity contribution in [2.45, 2.75) is 38.8 Å². The zero-order valence-electron chi connectivity index (χ0n) is 17.0. The zero-order valence-corrected chi connectivity index (χ0v) is 19.3. The summed E-state index contributed by atoms with van der Waals surface area (Å²) in [5, 5.41) is 3.50. The highest BCUT2D eigenvalue weighted by molar-refractivity contribution is 14.0. The van der Waals surface area contributed by atoms with E-state index in [2.05, 4.69) is 63.4 Å². The average molecular weight is 495 g/mol. The Bertz CT molecular complexity index is 658. The Labute approximate surface area is 186 Å². The fourth-order valence-electron chi connectivity index (χ4n) is 4.43. The standard InChI is InChI=1S/C22H33N5.HI/c1-2-23-22(27-16-11-21(18-27)26-14-5-6-15-26)24-17-19-7-9-20(10-8-19)25-12-3-4-13-25;/h3-4,7-10,21H,2,5-6,11-18H2,1H3,(H,23,24);1H. The molecule has 0 saturated carbocycles. The third kappa shape index (κ3) is 5.20. The zero-order chi connectivity index (χ0) is 18.5. The maximum Gasteiger partial charge on any atom is 0.194 e. The lowest BCUT2D eigenvalue weighted by Gasteiger charge is -2.25. The minimum absolute atomic E-state index is 0. The third-order valence-electron chi connectivity index (χ3n) is 5.99. The van der Waals surface area contributed by atoms with Crippen LogP contribution < -0.4 is 10.2 Å². The molecule has 1 atom stereocenters. The first kappa shape index (κ1) is 21.4. The van der Waals surface area contributed by atoms with Crippen molar-refractivity contribution in [2.24, 2.45) is 4.99 Å². The number of hydrogen-bond donors (Lipinski definition) is 1. The predicted octanol–water partition coefficient (Wildman–Crippen LogP) is 3.32. The molecule has 0 spiro atoms. The number of nitrogens with one attached hydrogen (secondary N) is 1. The summed E-state index contributed by atoms with van der Waals surface area (Å²) < 4.78 is 0. The van der Waals surface area contributed by atoms with Gasteiger partial charge in [-0.3, -0.25) is 4.90 Å². The summed E-state index contributed by atoms with van der Waals surface area (Å²) in [5.41, 5.74) is 2.57. The molecule has 3 aliphatic heterocycles. The maximum atomic E-state index is 4.94. The van der Waals surface area contributed by atoms with Gasteiger partial charge in [-0.1, -0.05) is 24.3 Å². The Morgan fingerprint density at radius 3 is 2.46 bits per heavy atom. The second kappa shape index (κ2) is 10.5. The molecule has 1 N–H and O–H groups in total. The van der Waals surface area contributed by atoms with E-state index in [9.17, 15) is 0 Å². The van der Waals surface area contributed by atoms with Gasteiger partial charge in [0.05, 0.1) is 6.54 Å². The molecule has 0 aliphatic carbocycles. The number of benzene rings is 1. The molecule has 2 fully saturated rings. The van der Waals surface area contributed by atoms with Crippen LogP contribution in [0.15, 0.2) is 41.4 Å². The first-order valence-electron chi connectivity index (χ1n) is 10.6. The highest BCUT2D eigenvalue weighted by Gasteiger charge is 2.30. The van der Waals surface area contributed by atoms with E-state index in [0.717, 1.165) is 45.2 Å². The number of aliphatic imine (C=N–C) groups is 1. The molecule has 0 bridgehead atoms. The molecule has 28 heavy (non-hydrogen) atoms. The van der Waals surface area contributed by atoms with Gasteiger partial charge < -0.3 is 15.1 Å². The molecule has 1 unspecified atom stereocenters. The van der Waals surface area contributed by atoms with Gasteiger partial charge in [-0.05, 0) is 57.0 Å². The summed E-state index contributed by atoms with van der Waals surface area (Å²) in [6.45, 7) is 10.7. The van der Waals surface area contributed by atoms with Crippen LogP contribution in [0.2, 0.25) is 0 Å². The maximum absolute atomic E-state index is 4.94. The van der Waals surface area contributed by atoms with E-state index in [-0.39, 0.29) is 24.0 Å². The van der Waals surface area contributed by atoms with E-state index >= 15 is 0 Å². The van der Waals surface area contributed by atoms with Crippen LogP contribution in [-0.4, -0.2) is 67.6 Å². The Morgan fingerprint density at radius 1 is 1.07 bits per heavy atom. The monoisotopic (exact) mass is 495 g/mol. The molecule has 0 radical (unpaired) electrons. The molecular weight excluding hydrogens is 461 g/mol. The first-order chi connectivity index (χ1) is 13.3. The Balaban J connectivity index is 0.00000225. The van der Waals surface area contributed by atoms with Crippen LogP contribution in [0.5, 0.6) is 0 Å². The van der Waals surface area contributed by atoms with Crippen LogP contribution in [0.1, 0.15) is 31.7 Å². The highest BCUT2D eigenvalue weighted by Crippen LogP contribution is 2.21. The third-order valence-corrected chi connectivity index (χ3v) is 5.99. The molecular formula is C22H34IN5. The number of guanidine groups is 1. The van der Waals surface area contributed by atoms with Gasteiger partial charge in [0.1, 0.15) is 0 Å². The summed E-state index contributed by atoms with van der Waals surface area (Å²) >= 11 is 0. The van der Waals surface area contributed by atoms with Crippen LogP contribution in [0.4, 0.5) is 5.69 Å². The van der Waals surface area contributed by atoms with Crippen LogP contribution in [-0.2, 0) is 6.54 Å². The quantitative estimate of drug-likeness (QED) is 0.294. The van der Waals surface area contributed by atoms with Crippen LogP contribution in [0.3, 0.4) is 0 Å². The highest BCUT2D eigenvalue weighted by atomic mass is 127. The van der Waals surface area contributed by atoms with Gasteiger partial charge >= 0.3 is 0 Å². The number of halogens is 1. The summed E-state index contributed by atoms with van der Waals surface area (Å²) in [5.74, 6) is 1.08. The lowest BCUT2D eigenvalue weighted by molar-refractivity contribution is 0.249. The SMILES string of the molecule is CCNC(=NCc1ccc(N2CC=CC2)cc1)N1CCC(N2CCCC2)C1.I. The fourth-order valence-corrected chi connectivity index (χ4v) is 4.43. The number of nitrogens with zero attached hydrogens (tertiary/aromatic N) is 4. The molecule has 154 valence electrons. The van der Waals surface area contributed by atoms with Crippen molar-refractivity contribution in [3.63, 3.8) is 0 Å². The summed E-state index contributed by atoms with van der Waals surface area (Å²) in [7, 11) is 0. The van der Waals surface area contributed by atoms with E-state index in [1.165, 1.54) is 43.6 Å². The molecule has 3 heterocycles. The van der Waals surface area contributed by atoms with E-state index < -0.39 is 0 Å². The largest absolute Gasteiger partial charge is 0.364 e. The lowest BCUT2D eigenvalue weighted by atomic mass is 10.2.